The molecule has 0 fully saturated rings. The monoisotopic (exact) mass is 446 g/mol. The number of esters is 1. The number of nitrogens with zero attached hydrogens (tertiary/aromatic N) is 2. The molecule has 9 nitrogen and oxygen atoms in total. The number of nitrogens with one attached hydrogen (secondary N) is 3. The maximum absolute atomic E-state index is 12.7. The van der Waals surface area contributed by atoms with E-state index in [1.54, 1.807) is 30.3 Å². The maximum Gasteiger partial charge on any atom is 0.416 e. The van der Waals surface area contributed by atoms with Crippen molar-refractivity contribution in [1.82, 2.24) is 9.97 Å². The Morgan fingerprint density at radius 3 is 2.69 bits per heavy atom. The van der Waals surface area contributed by atoms with Gasteiger partial charge >= 0.3 is 12.1 Å². The number of H-pyrrole nitrogens is 1. The number of aliphatic hydroxyl groups is 1. The van der Waals surface area contributed by atoms with Gasteiger partial charge in [0.2, 0.25) is 0 Å². The number of anilines is 1. The van der Waals surface area contributed by atoms with E-state index in [4.69, 9.17) is 4.74 Å². The molecule has 2 aromatic carbocycles. The van der Waals surface area contributed by atoms with E-state index in [2.05, 4.69) is 15.3 Å². The number of hydrogen-bond donors (Lipinski definition) is 4. The van der Waals surface area contributed by atoms with Gasteiger partial charge in [-0.1, -0.05) is 12.1 Å². The van der Waals surface area contributed by atoms with Crippen molar-refractivity contribution < 1.29 is 33.0 Å². The molecule has 12 heteroatoms. The summed E-state index contributed by atoms with van der Waals surface area (Å²) in [5.41, 5.74) is -0.500. The Kier molecular flexibility index (Phi) is 6.39. The minimum absolute atomic E-state index is 0.0512. The van der Waals surface area contributed by atoms with Crippen LogP contribution in [0.4, 0.5) is 24.5 Å². The third kappa shape index (κ3) is 5.01. The predicted molar refractivity (Wildman–Crippen MR) is 106 cm³/mol. The van der Waals surface area contributed by atoms with Crippen LogP contribution in [0.1, 0.15) is 11.4 Å². The van der Waals surface area contributed by atoms with E-state index in [-0.39, 0.29) is 17.1 Å². The average molecular weight is 446 g/mol. The molecular formula is C20H15F3N5O4+. The van der Waals surface area contributed by atoms with E-state index in [1.165, 1.54) is 5.18 Å². The van der Waals surface area contributed by atoms with Crippen LogP contribution in [-0.4, -0.2) is 34.2 Å². The van der Waals surface area contributed by atoms with Gasteiger partial charge in [0.15, 0.2) is 11.6 Å². The Hall–Kier alpha value is -4.40. The molecule has 0 radical (unpaired) electrons. The lowest BCUT2D eigenvalue weighted by molar-refractivity contribution is -0.378. The number of imidazole rings is 1. The van der Waals surface area contributed by atoms with Crippen LogP contribution < -0.4 is 10.5 Å². The number of benzene rings is 2. The first kappa shape index (κ1) is 22.3. The van der Waals surface area contributed by atoms with E-state index >= 15 is 0 Å². The molecule has 0 atom stereocenters. The third-order valence-electron chi connectivity index (χ3n) is 4.28. The molecule has 4 N–H and O–H groups in total. The Labute approximate surface area is 178 Å². The van der Waals surface area contributed by atoms with Gasteiger partial charge < -0.3 is 20.1 Å². The van der Waals surface area contributed by atoms with Crippen molar-refractivity contribution in [3.63, 3.8) is 0 Å². The fraction of sp³-hybridized carbons (Fsp3) is 0.150. The molecule has 0 amide bonds. The van der Waals surface area contributed by atoms with Crippen LogP contribution in [0, 0.1) is 16.2 Å². The van der Waals surface area contributed by atoms with Gasteiger partial charge in [0.05, 0.1) is 16.6 Å². The second-order valence-electron chi connectivity index (χ2n) is 6.41. The molecular weight excluding hydrogens is 431 g/mol. The summed E-state index contributed by atoms with van der Waals surface area (Å²) >= 11 is 0. The number of rotatable bonds is 7. The first-order valence-electron chi connectivity index (χ1n) is 8.99. The number of aliphatic hydroxyl groups excluding tert-OH is 1. The van der Waals surface area contributed by atoms with Gasteiger partial charge in [-0.15, -0.1) is 0 Å². The van der Waals surface area contributed by atoms with Crippen molar-refractivity contribution in [1.29, 1.82) is 5.26 Å². The van der Waals surface area contributed by atoms with Gasteiger partial charge in [0.25, 0.3) is 5.69 Å². The van der Waals surface area contributed by atoms with E-state index in [1.807, 2.05) is 0 Å². The largest absolute Gasteiger partial charge is 0.507 e. The number of fused-ring (bicyclic) bond motifs is 1. The van der Waals surface area contributed by atoms with Gasteiger partial charge in [-0.3, -0.25) is 4.79 Å². The number of carbonyl (C=O) groups excluding carboxylic acids is 1. The zero-order valence-electron chi connectivity index (χ0n) is 16.2. The number of carbonyl (C=O) groups is 1. The number of hydrogen-bond acceptors (Lipinski definition) is 7. The van der Waals surface area contributed by atoms with E-state index in [9.17, 15) is 33.2 Å². The smallest absolute Gasteiger partial charge is 0.416 e. The van der Waals surface area contributed by atoms with Gasteiger partial charge in [0.1, 0.15) is 30.5 Å². The second kappa shape index (κ2) is 9.17. The molecule has 0 aliphatic rings. The highest BCUT2D eigenvalue weighted by Crippen LogP contribution is 2.32. The average Bonchev–Trinajstić information content (AvgIpc) is 3.19. The van der Waals surface area contributed by atoms with E-state index in [0.29, 0.717) is 17.1 Å². The number of para-hydroxylation sites is 2. The number of ether oxygens (including phenoxy) is 1. The molecule has 32 heavy (non-hydrogen) atoms. The summed E-state index contributed by atoms with van der Waals surface area (Å²) in [7, 11) is 0. The van der Waals surface area contributed by atoms with Crippen LogP contribution in [0.2, 0.25) is 0 Å². The minimum Gasteiger partial charge on any atom is -0.507 e. The summed E-state index contributed by atoms with van der Waals surface area (Å²) in [6.07, 6.45) is -4.63. The molecule has 0 bridgehead atoms. The quantitative estimate of drug-likeness (QED) is 0.248. The van der Waals surface area contributed by atoms with Crippen LogP contribution in [0.3, 0.4) is 0 Å². The molecule has 164 valence electrons. The summed E-state index contributed by atoms with van der Waals surface area (Å²) < 4.78 is 43.0. The van der Waals surface area contributed by atoms with Gasteiger partial charge in [-0.2, -0.15) is 18.4 Å². The first-order valence-corrected chi connectivity index (χ1v) is 8.99. The molecule has 3 aromatic rings. The number of halogens is 3. The topological polar surface area (TPSA) is 142 Å². The van der Waals surface area contributed by atoms with Gasteiger partial charge in [-0.05, 0) is 24.3 Å². The summed E-state index contributed by atoms with van der Waals surface area (Å²) in [5, 5.41) is 23.3. The lowest BCUT2D eigenvalue weighted by Crippen LogP contribution is -2.56. The van der Waals surface area contributed by atoms with Gasteiger partial charge in [-0.25, -0.2) is 4.98 Å². The number of allylic oxidation sites excluding steroid dienone is 1. The molecule has 0 aliphatic carbocycles. The van der Waals surface area contributed by atoms with Crippen LogP contribution >= 0.6 is 0 Å². The molecule has 3 rings (SSSR count). The number of nitroso groups, excluding NO2 is 1. The van der Waals surface area contributed by atoms with Crippen LogP contribution in [0.5, 0.6) is 0 Å². The fourth-order valence-corrected chi connectivity index (χ4v) is 2.72. The normalized spacial score (nSPS) is 12.1. The summed E-state index contributed by atoms with van der Waals surface area (Å²) in [6, 6.07) is 11.1. The van der Waals surface area contributed by atoms with Crippen molar-refractivity contribution in [3.8, 4) is 6.07 Å². The van der Waals surface area contributed by atoms with E-state index in [0.717, 1.165) is 12.1 Å². The minimum atomic E-state index is -4.63. The molecule has 0 saturated carbocycles. The summed E-state index contributed by atoms with van der Waals surface area (Å²) in [5.74, 6) is -1.34. The fourth-order valence-electron chi connectivity index (χ4n) is 2.72. The molecule has 1 heterocycles. The third-order valence-corrected chi connectivity index (χ3v) is 4.28. The van der Waals surface area contributed by atoms with Crippen LogP contribution in [-0.2, 0) is 15.7 Å². The van der Waals surface area contributed by atoms with Gasteiger partial charge in [0, 0.05) is 16.2 Å². The summed E-state index contributed by atoms with van der Waals surface area (Å²) in [6.45, 7) is -1.15. The SMILES string of the molecule is N#CC(=C(O)COC(=O)CNc1ccc(C(F)(F)F)cc1[NH+]=O)c1nc2ccccc2[nH]1. The van der Waals surface area contributed by atoms with Crippen LogP contribution in [0.15, 0.2) is 48.2 Å². The molecule has 1 aromatic heterocycles. The predicted octanol–water partition coefficient (Wildman–Crippen LogP) is 2.51. The van der Waals surface area contributed by atoms with Crippen molar-refractivity contribution in [2.45, 2.75) is 6.18 Å². The van der Waals surface area contributed by atoms with Crippen LogP contribution in [0.25, 0.3) is 16.6 Å². The summed E-state index contributed by atoms with van der Waals surface area (Å²) in [4.78, 5) is 29.9. The highest BCUT2D eigenvalue weighted by molar-refractivity contribution is 5.83. The highest BCUT2D eigenvalue weighted by atomic mass is 19.4. The zero-order valence-corrected chi connectivity index (χ0v) is 16.2. The molecule has 0 aliphatic heterocycles. The Morgan fingerprint density at radius 1 is 1.28 bits per heavy atom. The standard InChI is InChI=1S/C20H14F3N5O4/c21-20(22,23)11-5-6-13(16(7-11)28-31)25-9-18(30)32-10-17(29)12(8-24)19-26-14-3-1-2-4-15(14)27-19/h1-7,25,29H,9-10H2,(H,26,27)/p+1. The van der Waals surface area contributed by atoms with Crippen molar-refractivity contribution in [2.75, 3.05) is 18.5 Å². The lowest BCUT2D eigenvalue weighted by Gasteiger charge is -2.09. The number of alkyl halides is 3. The van der Waals surface area contributed by atoms with Crippen molar-refractivity contribution >= 4 is 34.0 Å². The Morgan fingerprint density at radius 2 is 2.03 bits per heavy atom. The number of nitriles is 1. The lowest BCUT2D eigenvalue weighted by atomic mass is 10.1. The molecule has 0 unspecified atom stereocenters. The zero-order chi connectivity index (χ0) is 23.3. The van der Waals surface area contributed by atoms with Crippen molar-refractivity contribution in [2.24, 2.45) is 0 Å². The molecule has 0 saturated heterocycles. The number of aromatic nitrogens is 2. The molecule has 0 spiro atoms. The van der Waals surface area contributed by atoms with E-state index < -0.39 is 42.3 Å². The number of aromatic amines is 1. The highest BCUT2D eigenvalue weighted by Gasteiger charge is 2.32. The van der Waals surface area contributed by atoms with Crippen molar-refractivity contribution in [3.05, 3.63) is 64.5 Å². The Balaban J connectivity index is 1.64. The maximum atomic E-state index is 12.7. The second-order valence-corrected chi connectivity index (χ2v) is 6.41. The first-order chi connectivity index (χ1) is 15.2. The Bertz CT molecular complexity index is 1210.